The molecule has 0 spiro atoms. The number of benzene rings is 1. The molecule has 0 aromatic heterocycles. The van der Waals surface area contributed by atoms with Crippen molar-refractivity contribution in [3.8, 4) is 0 Å². The Morgan fingerprint density at radius 3 is 2.63 bits per heavy atom. The fraction of sp³-hybridized carbons (Fsp3) is 0.647. The van der Waals surface area contributed by atoms with Gasteiger partial charge in [0, 0.05) is 24.8 Å². The molecule has 106 valence electrons. The number of hydrogen-bond acceptors (Lipinski definition) is 2. The molecular weight excluding hydrogens is 232 g/mol. The number of hydrogen-bond donors (Lipinski definition) is 1. The summed E-state index contributed by atoms with van der Waals surface area (Å²) in [5, 5.41) is 3.61. The van der Waals surface area contributed by atoms with Crippen LogP contribution in [0, 0.1) is 5.92 Å². The lowest BCUT2D eigenvalue weighted by Crippen LogP contribution is -2.28. The highest BCUT2D eigenvalue weighted by Crippen LogP contribution is 2.33. The summed E-state index contributed by atoms with van der Waals surface area (Å²) in [6.45, 7) is 10.2. The Kier molecular flexibility index (Phi) is 5.26. The molecule has 2 rings (SSSR count). The van der Waals surface area contributed by atoms with Gasteiger partial charge in [0.25, 0.3) is 0 Å². The number of nitrogens with zero attached hydrogens (tertiary/aromatic N) is 1. The van der Waals surface area contributed by atoms with E-state index in [-0.39, 0.29) is 0 Å². The maximum Gasteiger partial charge on any atom is 0.0414 e. The molecule has 1 saturated carbocycles. The summed E-state index contributed by atoms with van der Waals surface area (Å²) < 4.78 is 0. The predicted molar refractivity (Wildman–Crippen MR) is 83.8 cm³/mol. The van der Waals surface area contributed by atoms with Gasteiger partial charge < -0.3 is 10.2 Å². The zero-order valence-corrected chi connectivity index (χ0v) is 12.7. The van der Waals surface area contributed by atoms with Crippen LogP contribution in [0.15, 0.2) is 24.3 Å². The molecule has 1 N–H and O–H groups in total. The molecule has 0 heterocycles. The molecular formula is C17H28N2. The minimum atomic E-state index is 0.435. The predicted octanol–water partition coefficient (Wildman–Crippen LogP) is 3.98. The van der Waals surface area contributed by atoms with Gasteiger partial charge in [-0.2, -0.15) is 0 Å². The first kappa shape index (κ1) is 14.4. The van der Waals surface area contributed by atoms with Crippen LogP contribution in [0.25, 0.3) is 0 Å². The van der Waals surface area contributed by atoms with Crippen LogP contribution in [0.2, 0.25) is 0 Å². The zero-order valence-electron chi connectivity index (χ0n) is 12.7. The molecule has 0 radical (unpaired) electrons. The zero-order chi connectivity index (χ0) is 13.7. The maximum atomic E-state index is 3.61. The van der Waals surface area contributed by atoms with Gasteiger partial charge in [-0.1, -0.05) is 25.1 Å². The lowest BCUT2D eigenvalue weighted by molar-refractivity contribution is 0.568. The Morgan fingerprint density at radius 2 is 2.00 bits per heavy atom. The minimum absolute atomic E-state index is 0.435. The first-order chi connectivity index (χ1) is 9.26. The standard InChI is InChI=1S/C17H28N2/c1-4-12-18-14(3)16-8-6-7-9-17(16)19(5-2)13-15-10-11-15/h6-9,14-15,18H,4-5,10-13H2,1-3H3. The highest BCUT2D eigenvalue weighted by molar-refractivity contribution is 5.55. The first-order valence-electron chi connectivity index (χ1n) is 7.83. The van der Waals surface area contributed by atoms with E-state index in [2.05, 4.69) is 55.3 Å². The molecule has 0 aliphatic heterocycles. The largest absolute Gasteiger partial charge is 0.371 e. The molecule has 1 aliphatic rings. The van der Waals surface area contributed by atoms with Crippen LogP contribution in [0.5, 0.6) is 0 Å². The van der Waals surface area contributed by atoms with Gasteiger partial charge in [-0.15, -0.1) is 0 Å². The lowest BCUT2D eigenvalue weighted by Gasteiger charge is -2.28. The molecule has 2 heteroatoms. The van der Waals surface area contributed by atoms with Crippen LogP contribution in [0.4, 0.5) is 5.69 Å². The van der Waals surface area contributed by atoms with Crippen molar-refractivity contribution >= 4 is 5.69 Å². The van der Waals surface area contributed by atoms with Crippen LogP contribution in [-0.2, 0) is 0 Å². The number of nitrogens with one attached hydrogen (secondary N) is 1. The molecule has 0 bridgehead atoms. The second-order valence-electron chi connectivity index (χ2n) is 5.72. The van der Waals surface area contributed by atoms with Crippen LogP contribution in [0.1, 0.15) is 51.6 Å². The Balaban J connectivity index is 2.13. The topological polar surface area (TPSA) is 15.3 Å². The van der Waals surface area contributed by atoms with Crippen molar-refractivity contribution in [2.45, 2.75) is 46.1 Å². The van der Waals surface area contributed by atoms with Crippen molar-refractivity contribution in [3.63, 3.8) is 0 Å². The van der Waals surface area contributed by atoms with Crippen molar-refractivity contribution in [1.82, 2.24) is 5.32 Å². The molecule has 1 aromatic carbocycles. The highest BCUT2D eigenvalue weighted by atomic mass is 15.1. The van der Waals surface area contributed by atoms with Crippen molar-refractivity contribution in [1.29, 1.82) is 0 Å². The van der Waals surface area contributed by atoms with Crippen molar-refractivity contribution < 1.29 is 0 Å². The van der Waals surface area contributed by atoms with Crippen LogP contribution in [0.3, 0.4) is 0 Å². The average molecular weight is 260 g/mol. The Hall–Kier alpha value is -1.02. The fourth-order valence-corrected chi connectivity index (χ4v) is 2.62. The summed E-state index contributed by atoms with van der Waals surface area (Å²) >= 11 is 0. The number of para-hydroxylation sites is 1. The number of anilines is 1. The van der Waals surface area contributed by atoms with Gasteiger partial charge in [0.2, 0.25) is 0 Å². The van der Waals surface area contributed by atoms with Gasteiger partial charge in [-0.25, -0.2) is 0 Å². The normalized spacial score (nSPS) is 16.4. The second kappa shape index (κ2) is 6.95. The van der Waals surface area contributed by atoms with Gasteiger partial charge in [-0.3, -0.25) is 0 Å². The highest BCUT2D eigenvalue weighted by Gasteiger charge is 2.25. The Bertz CT molecular complexity index is 385. The minimum Gasteiger partial charge on any atom is -0.371 e. The maximum absolute atomic E-state index is 3.61. The Morgan fingerprint density at radius 1 is 1.26 bits per heavy atom. The quantitative estimate of drug-likeness (QED) is 0.760. The second-order valence-corrected chi connectivity index (χ2v) is 5.72. The third kappa shape index (κ3) is 3.97. The molecule has 0 amide bonds. The molecule has 1 aromatic rings. The smallest absolute Gasteiger partial charge is 0.0414 e. The monoisotopic (exact) mass is 260 g/mol. The molecule has 1 aliphatic carbocycles. The molecule has 0 saturated heterocycles. The van der Waals surface area contributed by atoms with Crippen LogP contribution < -0.4 is 10.2 Å². The van der Waals surface area contributed by atoms with E-state index in [4.69, 9.17) is 0 Å². The first-order valence-corrected chi connectivity index (χ1v) is 7.83. The van der Waals surface area contributed by atoms with Crippen molar-refractivity contribution in [3.05, 3.63) is 29.8 Å². The van der Waals surface area contributed by atoms with E-state index in [0.29, 0.717) is 6.04 Å². The van der Waals surface area contributed by atoms with Crippen LogP contribution >= 0.6 is 0 Å². The molecule has 1 atom stereocenters. The van der Waals surface area contributed by atoms with Gasteiger partial charge in [0.05, 0.1) is 0 Å². The Labute approximate surface area is 118 Å². The van der Waals surface area contributed by atoms with E-state index in [1.54, 1.807) is 0 Å². The van der Waals surface area contributed by atoms with E-state index in [9.17, 15) is 0 Å². The summed E-state index contributed by atoms with van der Waals surface area (Å²) in [7, 11) is 0. The van der Waals surface area contributed by atoms with E-state index < -0.39 is 0 Å². The average Bonchev–Trinajstić information content (AvgIpc) is 3.26. The summed E-state index contributed by atoms with van der Waals surface area (Å²) in [6.07, 6.45) is 4.02. The molecule has 1 fully saturated rings. The summed E-state index contributed by atoms with van der Waals surface area (Å²) in [5.41, 5.74) is 2.87. The molecule has 2 nitrogen and oxygen atoms in total. The van der Waals surface area contributed by atoms with Gasteiger partial charge in [0.1, 0.15) is 0 Å². The summed E-state index contributed by atoms with van der Waals surface area (Å²) in [4.78, 5) is 2.55. The summed E-state index contributed by atoms with van der Waals surface area (Å²) in [5.74, 6) is 0.937. The molecule has 19 heavy (non-hydrogen) atoms. The van der Waals surface area contributed by atoms with E-state index in [0.717, 1.165) is 19.0 Å². The van der Waals surface area contributed by atoms with E-state index in [1.807, 2.05) is 0 Å². The molecule has 1 unspecified atom stereocenters. The van der Waals surface area contributed by atoms with Gasteiger partial charge in [-0.05, 0) is 57.2 Å². The fourth-order valence-electron chi connectivity index (χ4n) is 2.62. The van der Waals surface area contributed by atoms with Crippen LogP contribution in [-0.4, -0.2) is 19.6 Å². The van der Waals surface area contributed by atoms with Gasteiger partial charge in [0.15, 0.2) is 0 Å². The van der Waals surface area contributed by atoms with Crippen molar-refractivity contribution in [2.24, 2.45) is 5.92 Å². The number of rotatable bonds is 8. The van der Waals surface area contributed by atoms with Crippen molar-refractivity contribution in [2.75, 3.05) is 24.5 Å². The third-order valence-electron chi connectivity index (χ3n) is 4.00. The van der Waals surface area contributed by atoms with E-state index in [1.165, 1.54) is 37.1 Å². The third-order valence-corrected chi connectivity index (χ3v) is 4.00. The van der Waals surface area contributed by atoms with E-state index >= 15 is 0 Å². The summed E-state index contributed by atoms with van der Waals surface area (Å²) in [6, 6.07) is 9.32. The van der Waals surface area contributed by atoms with Gasteiger partial charge >= 0.3 is 0 Å². The lowest BCUT2D eigenvalue weighted by atomic mass is 10.0. The SMILES string of the molecule is CCCNC(C)c1ccccc1N(CC)CC1CC1.